The zero-order valence-corrected chi connectivity index (χ0v) is 11.3. The molecule has 0 spiro atoms. The van der Waals surface area contributed by atoms with Gasteiger partial charge in [0.1, 0.15) is 5.69 Å². The van der Waals surface area contributed by atoms with E-state index in [1.807, 2.05) is 6.92 Å². The topological polar surface area (TPSA) is 92.5 Å². The summed E-state index contributed by atoms with van der Waals surface area (Å²) in [4.78, 5) is 21.8. The van der Waals surface area contributed by atoms with E-state index in [1.165, 1.54) is 31.0 Å². The van der Waals surface area contributed by atoms with E-state index in [-0.39, 0.29) is 23.0 Å². The molecular weight excluding hydrogens is 260 g/mol. The maximum absolute atomic E-state index is 11.2. The van der Waals surface area contributed by atoms with Gasteiger partial charge >= 0.3 is 5.97 Å². The lowest BCUT2D eigenvalue weighted by molar-refractivity contribution is -0.384. The third kappa shape index (κ3) is 2.89. The number of carboxylic acid groups (broad SMARTS) is 1. The highest BCUT2D eigenvalue weighted by Crippen LogP contribution is 2.33. The highest BCUT2D eigenvalue weighted by molar-refractivity contribution is 5.96. The van der Waals surface area contributed by atoms with Crippen LogP contribution in [0.2, 0.25) is 0 Å². The summed E-state index contributed by atoms with van der Waals surface area (Å²) in [7, 11) is 0. The molecule has 1 saturated carbocycles. The maximum Gasteiger partial charge on any atom is 0.338 e. The normalized spacial score (nSPS) is 16.9. The summed E-state index contributed by atoms with van der Waals surface area (Å²) in [6.07, 6.45) is 4.49. The van der Waals surface area contributed by atoms with Crippen molar-refractivity contribution in [2.45, 2.75) is 38.6 Å². The van der Waals surface area contributed by atoms with Gasteiger partial charge < -0.3 is 10.4 Å². The number of nitro groups is 1. The molecule has 1 atom stereocenters. The van der Waals surface area contributed by atoms with Gasteiger partial charge in [0.25, 0.3) is 5.69 Å². The van der Waals surface area contributed by atoms with Gasteiger partial charge in [0.05, 0.1) is 10.5 Å². The molecule has 0 aromatic heterocycles. The van der Waals surface area contributed by atoms with Crippen LogP contribution >= 0.6 is 0 Å². The Labute approximate surface area is 117 Å². The van der Waals surface area contributed by atoms with Gasteiger partial charge in [-0.3, -0.25) is 10.1 Å². The van der Waals surface area contributed by atoms with Gasteiger partial charge in [-0.25, -0.2) is 4.79 Å². The Balaban J connectivity index is 2.32. The summed E-state index contributed by atoms with van der Waals surface area (Å²) >= 11 is 0. The van der Waals surface area contributed by atoms with Crippen molar-refractivity contribution in [1.29, 1.82) is 0 Å². The largest absolute Gasteiger partial charge is 0.478 e. The van der Waals surface area contributed by atoms with Crippen molar-refractivity contribution in [2.75, 3.05) is 5.32 Å². The molecular formula is C14H18N2O4. The first-order valence-electron chi connectivity index (χ1n) is 6.78. The van der Waals surface area contributed by atoms with Gasteiger partial charge in [0.15, 0.2) is 0 Å². The first kappa shape index (κ1) is 14.3. The number of benzene rings is 1. The fourth-order valence-corrected chi connectivity index (χ4v) is 2.83. The Hall–Kier alpha value is -2.11. The van der Waals surface area contributed by atoms with Crippen molar-refractivity contribution in [3.05, 3.63) is 33.9 Å². The van der Waals surface area contributed by atoms with Crippen LogP contribution in [0.25, 0.3) is 0 Å². The van der Waals surface area contributed by atoms with Gasteiger partial charge in [0.2, 0.25) is 0 Å². The molecule has 0 aliphatic heterocycles. The minimum atomic E-state index is -1.16. The lowest BCUT2D eigenvalue weighted by Crippen LogP contribution is -2.25. The van der Waals surface area contributed by atoms with Crippen LogP contribution < -0.4 is 5.32 Å². The standard InChI is InChI=1S/C14H18N2O4/c1-9(10-5-2-3-6-10)15-13-11(14(17)18)7-4-8-12(13)16(19)20/h4,7-10,15H,2-3,5-6H2,1H3,(H,17,18). The summed E-state index contributed by atoms with van der Waals surface area (Å²) < 4.78 is 0. The van der Waals surface area contributed by atoms with Gasteiger partial charge in [0, 0.05) is 12.1 Å². The Morgan fingerprint density at radius 1 is 1.45 bits per heavy atom. The summed E-state index contributed by atoms with van der Waals surface area (Å²) in [6, 6.07) is 4.14. The molecule has 2 rings (SSSR count). The third-order valence-electron chi connectivity index (χ3n) is 3.95. The maximum atomic E-state index is 11.2. The fourth-order valence-electron chi connectivity index (χ4n) is 2.83. The summed E-state index contributed by atoms with van der Waals surface area (Å²) in [5.74, 6) is -0.716. The molecule has 2 N–H and O–H groups in total. The summed E-state index contributed by atoms with van der Waals surface area (Å²) in [5.41, 5.74) is -0.122. The Morgan fingerprint density at radius 2 is 2.10 bits per heavy atom. The van der Waals surface area contributed by atoms with Gasteiger partial charge in [-0.1, -0.05) is 18.9 Å². The quantitative estimate of drug-likeness (QED) is 0.637. The van der Waals surface area contributed by atoms with E-state index in [2.05, 4.69) is 5.32 Å². The Kier molecular flexibility index (Phi) is 4.22. The molecule has 6 nitrogen and oxygen atoms in total. The fraction of sp³-hybridized carbons (Fsp3) is 0.500. The summed E-state index contributed by atoms with van der Waals surface area (Å²) in [6.45, 7) is 1.96. The van der Waals surface area contributed by atoms with E-state index in [1.54, 1.807) is 0 Å². The molecule has 0 heterocycles. The zero-order valence-electron chi connectivity index (χ0n) is 11.3. The van der Waals surface area contributed by atoms with Crippen LogP contribution in [0.15, 0.2) is 18.2 Å². The van der Waals surface area contributed by atoms with Crippen molar-refractivity contribution in [3.8, 4) is 0 Å². The number of carbonyl (C=O) groups is 1. The van der Waals surface area contributed by atoms with Crippen LogP contribution in [0.1, 0.15) is 43.0 Å². The minimum Gasteiger partial charge on any atom is -0.478 e. The number of hydrogen-bond acceptors (Lipinski definition) is 4. The predicted octanol–water partition coefficient (Wildman–Crippen LogP) is 3.28. The van der Waals surface area contributed by atoms with Crippen molar-refractivity contribution < 1.29 is 14.8 Å². The summed E-state index contributed by atoms with van der Waals surface area (Å²) in [5, 5.41) is 23.3. The number of nitro benzene ring substituents is 1. The van der Waals surface area contributed by atoms with Crippen LogP contribution in [0.3, 0.4) is 0 Å². The SMILES string of the molecule is CC(Nc1c(C(=O)O)cccc1[N+](=O)[O-])C1CCCC1. The van der Waals surface area contributed by atoms with Gasteiger partial charge in [-0.15, -0.1) is 0 Å². The lowest BCUT2D eigenvalue weighted by atomic mass is 9.98. The lowest BCUT2D eigenvalue weighted by Gasteiger charge is -2.22. The molecule has 1 unspecified atom stereocenters. The number of para-hydroxylation sites is 1. The van der Waals surface area contributed by atoms with E-state index in [0.29, 0.717) is 5.92 Å². The van der Waals surface area contributed by atoms with Gasteiger partial charge in [-0.05, 0) is 31.7 Å². The third-order valence-corrected chi connectivity index (χ3v) is 3.95. The van der Waals surface area contributed by atoms with Crippen LogP contribution in [-0.2, 0) is 0 Å². The highest BCUT2D eigenvalue weighted by atomic mass is 16.6. The zero-order chi connectivity index (χ0) is 14.7. The van der Waals surface area contributed by atoms with Crippen LogP contribution in [0.5, 0.6) is 0 Å². The second-order valence-electron chi connectivity index (χ2n) is 5.24. The average molecular weight is 278 g/mol. The number of nitrogens with one attached hydrogen (secondary N) is 1. The molecule has 20 heavy (non-hydrogen) atoms. The number of hydrogen-bond donors (Lipinski definition) is 2. The molecule has 0 bridgehead atoms. The van der Waals surface area contributed by atoms with E-state index in [9.17, 15) is 20.0 Å². The molecule has 0 radical (unpaired) electrons. The van der Waals surface area contributed by atoms with E-state index in [4.69, 9.17) is 0 Å². The van der Waals surface area contributed by atoms with Crippen molar-refractivity contribution in [3.63, 3.8) is 0 Å². The monoisotopic (exact) mass is 278 g/mol. The minimum absolute atomic E-state index is 0.0247. The molecule has 0 amide bonds. The average Bonchev–Trinajstić information content (AvgIpc) is 2.92. The second kappa shape index (κ2) is 5.90. The number of aromatic carboxylic acids is 1. The van der Waals surface area contributed by atoms with E-state index in [0.717, 1.165) is 12.8 Å². The van der Waals surface area contributed by atoms with Gasteiger partial charge in [-0.2, -0.15) is 0 Å². The van der Waals surface area contributed by atoms with E-state index >= 15 is 0 Å². The van der Waals surface area contributed by atoms with E-state index < -0.39 is 10.9 Å². The number of carboxylic acids is 1. The molecule has 0 saturated heterocycles. The first-order valence-corrected chi connectivity index (χ1v) is 6.78. The molecule has 1 fully saturated rings. The molecule has 1 aliphatic carbocycles. The van der Waals surface area contributed by atoms with Crippen LogP contribution in [0, 0.1) is 16.0 Å². The van der Waals surface area contributed by atoms with Crippen molar-refractivity contribution in [2.24, 2.45) is 5.92 Å². The first-order chi connectivity index (χ1) is 9.50. The molecule has 6 heteroatoms. The predicted molar refractivity (Wildman–Crippen MR) is 75.1 cm³/mol. The number of rotatable bonds is 5. The molecule has 1 aromatic rings. The molecule has 1 aliphatic rings. The van der Waals surface area contributed by atoms with Crippen molar-refractivity contribution in [1.82, 2.24) is 0 Å². The second-order valence-corrected chi connectivity index (χ2v) is 5.24. The number of nitrogens with zero attached hydrogens (tertiary/aromatic N) is 1. The Bertz CT molecular complexity index is 492. The smallest absolute Gasteiger partial charge is 0.338 e. The molecule has 1 aromatic carbocycles. The highest BCUT2D eigenvalue weighted by Gasteiger charge is 2.27. The molecule has 108 valence electrons. The van der Waals surface area contributed by atoms with Crippen LogP contribution in [-0.4, -0.2) is 22.0 Å². The Morgan fingerprint density at radius 3 is 2.65 bits per heavy atom. The number of anilines is 1. The van der Waals surface area contributed by atoms with Crippen LogP contribution in [0.4, 0.5) is 11.4 Å². The van der Waals surface area contributed by atoms with Crippen molar-refractivity contribution >= 4 is 17.3 Å².